The van der Waals surface area contributed by atoms with Crippen molar-refractivity contribution < 1.29 is 0 Å². The molecule has 14 nitrogen and oxygen atoms in total. The van der Waals surface area contributed by atoms with Crippen molar-refractivity contribution in [3.63, 3.8) is 0 Å². The highest BCUT2D eigenvalue weighted by Gasteiger charge is 2.07. The highest BCUT2D eigenvalue weighted by Crippen LogP contribution is 2.25. The number of rotatable bonds is 1. The quantitative estimate of drug-likeness (QED) is 0.144. The normalized spacial score (nSPS) is 10.3. The summed E-state index contributed by atoms with van der Waals surface area (Å²) in [6.07, 6.45) is 17.5. The third-order valence-corrected chi connectivity index (χ3v) is 9.72. The highest BCUT2D eigenvalue weighted by molar-refractivity contribution is 9.10. The average Bonchev–Trinajstić information content (AvgIpc) is 4.10. The molecule has 0 saturated heterocycles. The van der Waals surface area contributed by atoms with Gasteiger partial charge in [0.1, 0.15) is 46.4 Å². The number of nitrogens with one attached hydrogen (secondary N) is 2. The number of aryl methyl sites for hydroxylation is 3. The molecule has 0 spiro atoms. The van der Waals surface area contributed by atoms with E-state index in [9.17, 15) is 0 Å². The van der Waals surface area contributed by atoms with Gasteiger partial charge in [-0.25, -0.2) is 24.9 Å². The van der Waals surface area contributed by atoms with Gasteiger partial charge < -0.3 is 29.4 Å². The van der Waals surface area contributed by atoms with Crippen LogP contribution in [0.5, 0.6) is 0 Å². The van der Waals surface area contributed by atoms with Gasteiger partial charge in [0.15, 0.2) is 0 Å². The predicted octanol–water partition coefficient (Wildman–Crippen LogP) is 8.99. The first-order chi connectivity index (χ1) is 28.5. The van der Waals surface area contributed by atoms with Crippen molar-refractivity contribution in [1.82, 2.24) is 48.6 Å². The van der Waals surface area contributed by atoms with E-state index in [1.807, 2.05) is 102 Å². The van der Waals surface area contributed by atoms with Crippen LogP contribution < -0.4 is 5.73 Å². The summed E-state index contributed by atoms with van der Waals surface area (Å²) in [6.45, 7) is 0.494. The minimum Gasteiger partial charge on any atom is -0.346 e. The molecule has 0 saturated carbocycles. The largest absolute Gasteiger partial charge is 0.346 e. The first kappa shape index (κ1) is 41.6. The molecule has 10 heterocycles. The second-order valence-electron chi connectivity index (χ2n) is 12.8. The number of aromatic amines is 2. The van der Waals surface area contributed by atoms with Crippen molar-refractivity contribution in [2.75, 3.05) is 0 Å². The van der Waals surface area contributed by atoms with E-state index in [0.717, 1.165) is 70.2 Å². The van der Waals surface area contributed by atoms with E-state index in [1.165, 1.54) is 0 Å². The number of hydrogen-bond acceptors (Lipinski definition) is 9. The summed E-state index contributed by atoms with van der Waals surface area (Å²) in [5.41, 5.74) is 12.6. The van der Waals surface area contributed by atoms with Crippen molar-refractivity contribution in [3.05, 3.63) is 147 Å². The number of aromatic nitrogens is 10. The van der Waals surface area contributed by atoms with Crippen molar-refractivity contribution >= 4 is 94.3 Å². The molecule has 292 valence electrons. The van der Waals surface area contributed by atoms with E-state index in [-0.39, 0.29) is 0 Å². The minimum absolute atomic E-state index is 0.494. The van der Waals surface area contributed by atoms with Gasteiger partial charge in [0.2, 0.25) is 0 Å². The molecule has 0 aliphatic carbocycles. The molecule has 10 aromatic rings. The molecule has 0 fully saturated rings. The Bertz CT molecular complexity index is 3190. The molecule has 4 N–H and O–H groups in total. The first-order valence-electron chi connectivity index (χ1n) is 17.5. The molecule has 0 aliphatic rings. The maximum absolute atomic E-state index is 8.65. The van der Waals surface area contributed by atoms with E-state index >= 15 is 0 Å². The molecule has 59 heavy (non-hydrogen) atoms. The van der Waals surface area contributed by atoms with Gasteiger partial charge in [0, 0.05) is 121 Å². The third kappa shape index (κ3) is 9.91. The third-order valence-electron chi connectivity index (χ3n) is 8.68. The van der Waals surface area contributed by atoms with Gasteiger partial charge in [-0.05, 0) is 70.0 Å². The van der Waals surface area contributed by atoms with Crippen LogP contribution in [0.4, 0.5) is 0 Å². The standard InChI is InChI=1S/C9H10ClN3.C9H6ClN3.C9H7N3.C8H5N3.C7H5BrN2/c2*1-13-5-8(10)7-2-6(3-11)4-12-9(7)13;1-12-3-2-8-4-7(5-10)6-11-9(8)12;9-4-6-3-7-1-2-10-8(7)11-5-6;8-6-3-5-1-2-9-7(5)10-4-6/h2,4-5H,3,11H2,1H3;2,4-5H,1H3;2-4,6H,1H3;1-3,5H,(H,10,11);1-4H,(H,9,10). The van der Waals surface area contributed by atoms with Crippen LogP contribution in [0.3, 0.4) is 0 Å². The van der Waals surface area contributed by atoms with Crippen LogP contribution in [-0.2, 0) is 27.7 Å². The smallest absolute Gasteiger partial charge is 0.141 e. The second kappa shape index (κ2) is 18.9. The Labute approximate surface area is 355 Å². The molecule has 0 amide bonds. The van der Waals surface area contributed by atoms with E-state index in [2.05, 4.69) is 56.9 Å². The number of fused-ring (bicyclic) bond motifs is 5. The zero-order valence-corrected chi connectivity index (χ0v) is 34.8. The van der Waals surface area contributed by atoms with Crippen LogP contribution in [0.1, 0.15) is 22.3 Å². The van der Waals surface area contributed by atoms with Gasteiger partial charge in [0.25, 0.3) is 0 Å². The highest BCUT2D eigenvalue weighted by atomic mass is 79.9. The van der Waals surface area contributed by atoms with Crippen LogP contribution in [-0.4, -0.2) is 48.6 Å². The van der Waals surface area contributed by atoms with Crippen molar-refractivity contribution in [1.29, 1.82) is 15.8 Å². The van der Waals surface area contributed by atoms with Crippen LogP contribution in [0.15, 0.2) is 115 Å². The summed E-state index contributed by atoms with van der Waals surface area (Å²) in [7, 11) is 5.72. The SMILES string of the molecule is Brc1cnc2[nH]ccc2c1.Cn1cc(Cl)c2cc(C#N)cnc21.Cn1cc(Cl)c2cc(CN)cnc21.Cn1ccc2cc(C#N)cnc21.N#Cc1cnc2[nH]ccc2c1. The van der Waals surface area contributed by atoms with Gasteiger partial charge in [0.05, 0.1) is 26.7 Å². The summed E-state index contributed by atoms with van der Waals surface area (Å²) >= 11 is 15.3. The number of halogens is 3. The lowest BCUT2D eigenvalue weighted by atomic mass is 10.2. The molecule has 0 aliphatic heterocycles. The number of nitriles is 3. The van der Waals surface area contributed by atoms with Crippen LogP contribution in [0.25, 0.3) is 55.2 Å². The predicted molar refractivity (Wildman–Crippen MR) is 234 cm³/mol. The molecule has 10 aromatic heterocycles. The van der Waals surface area contributed by atoms with Gasteiger partial charge in [-0.2, -0.15) is 15.8 Å². The van der Waals surface area contributed by atoms with Crippen molar-refractivity contribution in [2.24, 2.45) is 26.9 Å². The van der Waals surface area contributed by atoms with E-state index in [0.29, 0.717) is 28.3 Å². The fourth-order valence-electron chi connectivity index (χ4n) is 5.78. The molecule has 0 unspecified atom stereocenters. The number of H-pyrrole nitrogens is 2. The van der Waals surface area contributed by atoms with E-state index < -0.39 is 0 Å². The van der Waals surface area contributed by atoms with E-state index in [1.54, 1.807) is 55.5 Å². The fourth-order valence-corrected chi connectivity index (χ4v) is 6.70. The Hall–Kier alpha value is -7.06. The monoisotopic (exact) mass is 882 g/mol. The summed E-state index contributed by atoms with van der Waals surface area (Å²) < 4.78 is 6.67. The summed E-state index contributed by atoms with van der Waals surface area (Å²) in [5, 5.41) is 32.1. The molecule has 17 heteroatoms. The molecule has 0 bridgehead atoms. The van der Waals surface area contributed by atoms with Gasteiger partial charge in [-0.15, -0.1) is 0 Å². The Balaban J connectivity index is 0.000000124. The Morgan fingerprint density at radius 1 is 0.610 bits per heavy atom. The van der Waals surface area contributed by atoms with Crippen LogP contribution >= 0.6 is 39.1 Å². The first-order valence-corrected chi connectivity index (χ1v) is 19.1. The topological polar surface area (TPSA) is 208 Å². The number of nitrogens with two attached hydrogens (primary N) is 1. The molecular formula is C42H33BrCl2N14. The molecule has 10 rings (SSSR count). The minimum atomic E-state index is 0.494. The number of hydrogen-bond donors (Lipinski definition) is 3. The zero-order chi connectivity index (χ0) is 42.1. The summed E-state index contributed by atoms with van der Waals surface area (Å²) in [4.78, 5) is 26.7. The lowest BCUT2D eigenvalue weighted by Crippen LogP contribution is -1.97. The molecule has 0 atom stereocenters. The Morgan fingerprint density at radius 3 is 1.69 bits per heavy atom. The van der Waals surface area contributed by atoms with Crippen molar-refractivity contribution in [3.8, 4) is 18.2 Å². The Kier molecular flexibility index (Phi) is 13.3. The second-order valence-corrected chi connectivity index (χ2v) is 14.5. The number of pyridine rings is 5. The van der Waals surface area contributed by atoms with Crippen LogP contribution in [0.2, 0.25) is 10.0 Å². The van der Waals surface area contributed by atoms with Crippen LogP contribution in [0, 0.1) is 34.0 Å². The van der Waals surface area contributed by atoms with Gasteiger partial charge >= 0.3 is 0 Å². The number of nitrogens with zero attached hydrogens (tertiary/aromatic N) is 11. The molecule has 0 radical (unpaired) electrons. The fraction of sp³-hybridized carbons (Fsp3) is 0.0952. The van der Waals surface area contributed by atoms with E-state index in [4.69, 9.17) is 44.7 Å². The lowest BCUT2D eigenvalue weighted by molar-refractivity contribution is 0.944. The van der Waals surface area contributed by atoms with Crippen molar-refractivity contribution in [2.45, 2.75) is 6.54 Å². The van der Waals surface area contributed by atoms with Gasteiger partial charge in [-0.1, -0.05) is 23.2 Å². The molecular weight excluding hydrogens is 851 g/mol. The Morgan fingerprint density at radius 2 is 1.10 bits per heavy atom. The zero-order valence-electron chi connectivity index (χ0n) is 31.7. The molecule has 0 aromatic carbocycles. The summed E-state index contributed by atoms with van der Waals surface area (Å²) in [6, 6.07) is 21.3. The average molecular weight is 885 g/mol. The maximum Gasteiger partial charge on any atom is 0.141 e. The summed E-state index contributed by atoms with van der Waals surface area (Å²) in [5.74, 6) is 0. The lowest BCUT2D eigenvalue weighted by Gasteiger charge is -1.97. The maximum atomic E-state index is 8.65. The van der Waals surface area contributed by atoms with Gasteiger partial charge in [-0.3, -0.25) is 0 Å².